The number of rotatable bonds is 6. The Hall–Kier alpha value is -2.08. The molecule has 3 atom stereocenters. The van der Waals surface area contributed by atoms with Crippen LogP contribution >= 0.6 is 11.6 Å². The topological polar surface area (TPSA) is 119 Å². The lowest BCUT2D eigenvalue weighted by atomic mass is 9.86. The number of hydrogen-bond donors (Lipinski definition) is 2. The van der Waals surface area contributed by atoms with Gasteiger partial charge in [0.2, 0.25) is 15.9 Å². The molecule has 33 heavy (non-hydrogen) atoms. The van der Waals surface area contributed by atoms with Crippen molar-refractivity contribution < 1.29 is 22.7 Å². The summed E-state index contributed by atoms with van der Waals surface area (Å²) in [5.41, 5.74) is 1.18. The third-order valence-electron chi connectivity index (χ3n) is 6.38. The molecular formula is C21H27ClFN5O4S. The highest BCUT2D eigenvalue weighted by Crippen LogP contribution is 2.37. The summed E-state index contributed by atoms with van der Waals surface area (Å²) < 4.78 is 40.3. The molecule has 4 heterocycles. The van der Waals surface area contributed by atoms with Crippen LogP contribution in [0.4, 0.5) is 4.39 Å². The Morgan fingerprint density at radius 1 is 1.30 bits per heavy atom. The molecule has 0 aliphatic carbocycles. The number of amides is 1. The number of imidazole rings is 1. The number of piperidine rings is 1. The Kier molecular flexibility index (Phi) is 7.04. The first kappa shape index (κ1) is 24.1. The van der Waals surface area contributed by atoms with Gasteiger partial charge in [0, 0.05) is 38.5 Å². The molecule has 2 aliphatic heterocycles. The molecule has 2 saturated heterocycles. The highest BCUT2D eigenvalue weighted by Gasteiger charge is 2.36. The summed E-state index contributed by atoms with van der Waals surface area (Å²) in [6, 6.07) is 2.80. The molecule has 2 aromatic rings. The number of β-amino-alcohol motifs (C(OH)–C–C–N with tert-alkyl or cyclic N) is 1. The van der Waals surface area contributed by atoms with Gasteiger partial charge in [-0.3, -0.25) is 4.79 Å². The number of nitrogens with one attached hydrogen (secondary N) is 1. The second-order valence-corrected chi connectivity index (χ2v) is 11.2. The Morgan fingerprint density at radius 2 is 2.09 bits per heavy atom. The number of hydrogen-bond acceptors (Lipinski definition) is 6. The fourth-order valence-electron chi connectivity index (χ4n) is 4.51. The molecule has 12 heteroatoms. The van der Waals surface area contributed by atoms with Gasteiger partial charge in [0.1, 0.15) is 11.5 Å². The molecule has 9 nitrogen and oxygen atoms in total. The number of aliphatic hydroxyl groups excluding tert-OH is 1. The molecule has 2 N–H and O–H groups in total. The fourth-order valence-corrected chi connectivity index (χ4v) is 6.32. The van der Waals surface area contributed by atoms with E-state index in [2.05, 4.69) is 15.0 Å². The second kappa shape index (κ2) is 9.65. The molecule has 2 aromatic heterocycles. The maximum absolute atomic E-state index is 13.2. The summed E-state index contributed by atoms with van der Waals surface area (Å²) in [6.07, 6.45) is 1.56. The molecule has 0 radical (unpaired) electrons. The highest BCUT2D eigenvalue weighted by atomic mass is 35.5. The van der Waals surface area contributed by atoms with Gasteiger partial charge in [-0.2, -0.15) is 0 Å². The Labute approximate surface area is 197 Å². The molecule has 0 spiro atoms. The Morgan fingerprint density at radius 3 is 2.73 bits per heavy atom. The summed E-state index contributed by atoms with van der Waals surface area (Å²) in [7, 11) is -3.59. The zero-order valence-electron chi connectivity index (χ0n) is 18.2. The maximum atomic E-state index is 13.2. The molecule has 1 amide bonds. The largest absolute Gasteiger partial charge is 0.391 e. The number of carbonyl (C=O) groups is 1. The van der Waals surface area contributed by atoms with Crippen molar-refractivity contribution in [2.24, 2.45) is 5.92 Å². The van der Waals surface area contributed by atoms with Crippen LogP contribution < -0.4 is 0 Å². The zero-order valence-corrected chi connectivity index (χ0v) is 19.8. The first-order chi connectivity index (χ1) is 15.6. The van der Waals surface area contributed by atoms with Gasteiger partial charge in [0.25, 0.3) is 0 Å². The summed E-state index contributed by atoms with van der Waals surface area (Å²) in [6.45, 7) is 3.30. The molecular weight excluding hydrogens is 473 g/mol. The van der Waals surface area contributed by atoms with Gasteiger partial charge in [-0.05, 0) is 30.9 Å². The lowest BCUT2D eigenvalue weighted by Crippen LogP contribution is -2.44. The van der Waals surface area contributed by atoms with Crippen LogP contribution in [0.25, 0.3) is 11.5 Å². The number of nitrogens with zero attached hydrogens (tertiary/aromatic N) is 4. The van der Waals surface area contributed by atoms with E-state index in [1.807, 2.05) is 6.92 Å². The van der Waals surface area contributed by atoms with Gasteiger partial charge in [-0.15, -0.1) is 0 Å². The van der Waals surface area contributed by atoms with Crippen LogP contribution in [0, 0.1) is 11.7 Å². The van der Waals surface area contributed by atoms with Crippen molar-refractivity contribution in [1.29, 1.82) is 0 Å². The van der Waals surface area contributed by atoms with E-state index in [-0.39, 0.29) is 36.5 Å². The van der Waals surface area contributed by atoms with Crippen molar-refractivity contribution >= 4 is 27.5 Å². The minimum Gasteiger partial charge on any atom is -0.391 e. The lowest BCUT2D eigenvalue weighted by Gasteiger charge is -2.35. The van der Waals surface area contributed by atoms with E-state index in [0.717, 1.165) is 6.20 Å². The molecule has 2 fully saturated rings. The number of carbonyl (C=O) groups excluding carboxylic acids is 1. The van der Waals surface area contributed by atoms with Crippen molar-refractivity contribution in [3.8, 4) is 11.5 Å². The number of aromatic amines is 1. The Balaban J connectivity index is 1.38. The van der Waals surface area contributed by atoms with E-state index < -0.39 is 21.9 Å². The molecule has 180 valence electrons. The number of aromatic nitrogens is 3. The van der Waals surface area contributed by atoms with E-state index in [0.29, 0.717) is 54.8 Å². The SMILES string of the molecule is C[C@H]1CN(S(=O)(=O)CCC(=O)N2CC[C@@H](O)C2)CC[C@H]1c1[nH]c(-c2ccc(F)cn2)nc1Cl. The van der Waals surface area contributed by atoms with Crippen LogP contribution in [0.2, 0.25) is 5.15 Å². The minimum absolute atomic E-state index is 0.0293. The number of H-pyrrole nitrogens is 1. The fraction of sp³-hybridized carbons (Fsp3) is 0.571. The second-order valence-electron chi connectivity index (χ2n) is 8.73. The first-order valence-electron chi connectivity index (χ1n) is 10.9. The third-order valence-corrected chi connectivity index (χ3v) is 8.50. The van der Waals surface area contributed by atoms with Crippen molar-refractivity contribution in [3.05, 3.63) is 35.0 Å². The Bertz CT molecular complexity index is 1110. The zero-order chi connectivity index (χ0) is 23.8. The van der Waals surface area contributed by atoms with Crippen LogP contribution in [-0.2, 0) is 14.8 Å². The first-order valence-corrected chi connectivity index (χ1v) is 12.9. The monoisotopic (exact) mass is 499 g/mol. The van der Waals surface area contributed by atoms with E-state index in [1.54, 1.807) is 0 Å². The van der Waals surface area contributed by atoms with E-state index in [9.17, 15) is 22.7 Å². The van der Waals surface area contributed by atoms with Crippen molar-refractivity contribution in [2.75, 3.05) is 31.9 Å². The summed E-state index contributed by atoms with van der Waals surface area (Å²) in [4.78, 5) is 25.3. The van der Waals surface area contributed by atoms with Crippen molar-refractivity contribution in [1.82, 2.24) is 24.2 Å². The van der Waals surface area contributed by atoms with Crippen molar-refractivity contribution in [2.45, 2.75) is 38.2 Å². The van der Waals surface area contributed by atoms with Crippen LogP contribution in [-0.4, -0.2) is 81.6 Å². The number of aliphatic hydroxyl groups is 1. The van der Waals surface area contributed by atoms with Crippen LogP contribution in [0.3, 0.4) is 0 Å². The minimum atomic E-state index is -3.59. The molecule has 0 saturated carbocycles. The molecule has 4 rings (SSSR count). The quantitative estimate of drug-likeness (QED) is 0.627. The van der Waals surface area contributed by atoms with E-state index in [1.165, 1.54) is 21.3 Å². The predicted molar refractivity (Wildman–Crippen MR) is 120 cm³/mol. The van der Waals surface area contributed by atoms with Crippen molar-refractivity contribution in [3.63, 3.8) is 0 Å². The summed E-state index contributed by atoms with van der Waals surface area (Å²) >= 11 is 6.37. The van der Waals surface area contributed by atoms with Crippen LogP contribution in [0.15, 0.2) is 18.3 Å². The number of pyridine rings is 1. The van der Waals surface area contributed by atoms with E-state index in [4.69, 9.17) is 11.6 Å². The highest BCUT2D eigenvalue weighted by molar-refractivity contribution is 7.89. The summed E-state index contributed by atoms with van der Waals surface area (Å²) in [5.74, 6) is -0.574. The van der Waals surface area contributed by atoms with Gasteiger partial charge in [-0.1, -0.05) is 18.5 Å². The van der Waals surface area contributed by atoms with Crippen LogP contribution in [0.5, 0.6) is 0 Å². The molecule has 0 unspecified atom stereocenters. The predicted octanol–water partition coefficient (Wildman–Crippen LogP) is 2.00. The van der Waals surface area contributed by atoms with E-state index >= 15 is 0 Å². The summed E-state index contributed by atoms with van der Waals surface area (Å²) in [5, 5.41) is 9.86. The maximum Gasteiger partial charge on any atom is 0.223 e. The normalized spacial score (nSPS) is 24.4. The van der Waals surface area contributed by atoms with Gasteiger partial charge < -0.3 is 15.0 Å². The van der Waals surface area contributed by atoms with Gasteiger partial charge in [0.05, 0.1) is 23.7 Å². The smallest absolute Gasteiger partial charge is 0.223 e. The standard InChI is InChI=1S/C21H27ClFN5O4S/c1-13-11-28(33(31,32)9-6-18(30)27-7-4-15(29)12-27)8-5-16(13)19-20(22)26-21(25-19)17-3-2-14(23)10-24-17/h2-3,10,13,15-16,29H,4-9,11-12H2,1H3,(H,25,26)/t13-,15+,16+/m0/s1. The average Bonchev–Trinajstić information content (AvgIpc) is 3.38. The molecule has 0 bridgehead atoms. The number of halogens is 2. The number of likely N-dealkylation sites (tertiary alicyclic amines) is 1. The lowest BCUT2D eigenvalue weighted by molar-refractivity contribution is -0.130. The van der Waals surface area contributed by atoms with Gasteiger partial charge >= 0.3 is 0 Å². The number of sulfonamides is 1. The molecule has 0 aromatic carbocycles. The third kappa shape index (κ3) is 5.37. The molecule has 2 aliphatic rings. The van der Waals surface area contributed by atoms with Gasteiger partial charge in [-0.25, -0.2) is 27.1 Å². The average molecular weight is 500 g/mol. The van der Waals surface area contributed by atoms with Crippen LogP contribution in [0.1, 0.15) is 37.8 Å². The van der Waals surface area contributed by atoms with Gasteiger partial charge in [0.15, 0.2) is 11.0 Å².